The van der Waals surface area contributed by atoms with Crippen LogP contribution in [0.2, 0.25) is 5.02 Å². The SMILES string of the molecule is CN(C#N)C(=O)C1CCCCC1NC(=O)c1cc2ccc(Cl)cc2n1C. The van der Waals surface area contributed by atoms with Gasteiger partial charge in [0.25, 0.3) is 5.91 Å². The minimum absolute atomic E-state index is 0.218. The Morgan fingerprint density at radius 2 is 2.04 bits per heavy atom. The van der Waals surface area contributed by atoms with Crippen LogP contribution >= 0.6 is 11.6 Å². The van der Waals surface area contributed by atoms with Crippen LogP contribution in [-0.2, 0) is 11.8 Å². The van der Waals surface area contributed by atoms with Crippen molar-refractivity contribution in [1.29, 1.82) is 5.26 Å². The van der Waals surface area contributed by atoms with E-state index in [2.05, 4.69) is 5.32 Å². The summed E-state index contributed by atoms with van der Waals surface area (Å²) in [6.07, 6.45) is 5.15. The fraction of sp³-hybridized carbons (Fsp3) is 0.421. The average Bonchev–Trinajstić information content (AvgIpc) is 2.97. The molecule has 2 unspecified atom stereocenters. The van der Waals surface area contributed by atoms with Gasteiger partial charge >= 0.3 is 0 Å². The van der Waals surface area contributed by atoms with E-state index >= 15 is 0 Å². The van der Waals surface area contributed by atoms with Crippen molar-refractivity contribution in [2.24, 2.45) is 13.0 Å². The van der Waals surface area contributed by atoms with E-state index in [9.17, 15) is 9.59 Å². The van der Waals surface area contributed by atoms with Gasteiger partial charge in [0.05, 0.1) is 5.92 Å². The molecule has 2 aromatic rings. The molecule has 0 radical (unpaired) electrons. The molecule has 0 bridgehead atoms. The Bertz CT molecular complexity index is 899. The maximum absolute atomic E-state index is 12.8. The monoisotopic (exact) mass is 372 g/mol. The first-order valence-electron chi connectivity index (χ1n) is 8.65. The summed E-state index contributed by atoms with van der Waals surface area (Å²) in [4.78, 5) is 26.3. The van der Waals surface area contributed by atoms with Crippen molar-refractivity contribution >= 4 is 34.3 Å². The molecule has 1 saturated carbocycles. The lowest BCUT2D eigenvalue weighted by molar-refractivity contribution is -0.133. The van der Waals surface area contributed by atoms with Crippen LogP contribution in [-0.4, -0.2) is 34.4 Å². The zero-order valence-corrected chi connectivity index (χ0v) is 15.6. The highest BCUT2D eigenvalue weighted by Gasteiger charge is 2.34. The highest BCUT2D eigenvalue weighted by Crippen LogP contribution is 2.27. The summed E-state index contributed by atoms with van der Waals surface area (Å²) in [7, 11) is 3.28. The second kappa shape index (κ2) is 7.38. The predicted molar refractivity (Wildman–Crippen MR) is 99.5 cm³/mol. The number of nitriles is 1. The largest absolute Gasteiger partial charge is 0.347 e. The summed E-state index contributed by atoms with van der Waals surface area (Å²) in [6.45, 7) is 0. The van der Waals surface area contributed by atoms with Gasteiger partial charge in [0.1, 0.15) is 5.69 Å². The average molecular weight is 373 g/mol. The Morgan fingerprint density at radius 3 is 2.77 bits per heavy atom. The van der Waals surface area contributed by atoms with E-state index in [1.807, 2.05) is 31.4 Å². The summed E-state index contributed by atoms with van der Waals surface area (Å²) in [5, 5.41) is 13.5. The Hall–Kier alpha value is -2.52. The lowest BCUT2D eigenvalue weighted by Crippen LogP contribution is -2.48. The molecule has 2 atom stereocenters. The molecular weight excluding hydrogens is 352 g/mol. The third-order valence-electron chi connectivity index (χ3n) is 5.12. The van der Waals surface area contributed by atoms with E-state index in [1.54, 1.807) is 10.6 Å². The minimum Gasteiger partial charge on any atom is -0.347 e. The quantitative estimate of drug-likeness (QED) is 0.664. The Labute approximate surface area is 157 Å². The number of aromatic nitrogens is 1. The smallest absolute Gasteiger partial charge is 0.268 e. The molecule has 1 heterocycles. The third-order valence-corrected chi connectivity index (χ3v) is 5.36. The summed E-state index contributed by atoms with van der Waals surface area (Å²) in [5.41, 5.74) is 1.40. The summed E-state index contributed by atoms with van der Waals surface area (Å²) in [5.74, 6) is -0.813. The number of fused-ring (bicyclic) bond motifs is 1. The molecule has 0 saturated heterocycles. The van der Waals surface area contributed by atoms with E-state index in [-0.39, 0.29) is 23.8 Å². The number of rotatable bonds is 3. The van der Waals surface area contributed by atoms with E-state index in [4.69, 9.17) is 16.9 Å². The first kappa shape index (κ1) is 18.3. The molecule has 0 aliphatic heterocycles. The Balaban J connectivity index is 1.83. The second-order valence-corrected chi connectivity index (χ2v) is 7.20. The number of aryl methyl sites for hydroxylation is 1. The van der Waals surface area contributed by atoms with Crippen molar-refractivity contribution in [2.45, 2.75) is 31.7 Å². The van der Waals surface area contributed by atoms with Crippen LogP contribution in [0.25, 0.3) is 10.9 Å². The highest BCUT2D eigenvalue weighted by molar-refractivity contribution is 6.31. The fourth-order valence-corrected chi connectivity index (χ4v) is 3.83. The number of halogens is 1. The second-order valence-electron chi connectivity index (χ2n) is 6.76. The van der Waals surface area contributed by atoms with Crippen LogP contribution < -0.4 is 5.32 Å². The van der Waals surface area contributed by atoms with Crippen LogP contribution in [0.1, 0.15) is 36.2 Å². The Kier molecular flexibility index (Phi) is 5.19. The van der Waals surface area contributed by atoms with E-state index in [1.165, 1.54) is 7.05 Å². The molecule has 26 heavy (non-hydrogen) atoms. The molecule has 1 fully saturated rings. The van der Waals surface area contributed by atoms with E-state index in [0.717, 1.165) is 35.1 Å². The van der Waals surface area contributed by atoms with Crippen LogP contribution in [0.15, 0.2) is 24.3 Å². The third kappa shape index (κ3) is 3.40. The van der Waals surface area contributed by atoms with Crippen molar-refractivity contribution in [1.82, 2.24) is 14.8 Å². The number of nitrogens with one attached hydrogen (secondary N) is 1. The Morgan fingerprint density at radius 1 is 1.31 bits per heavy atom. The summed E-state index contributed by atoms with van der Waals surface area (Å²) >= 11 is 6.05. The van der Waals surface area contributed by atoms with Crippen LogP contribution in [0.4, 0.5) is 0 Å². The van der Waals surface area contributed by atoms with Crippen molar-refractivity contribution < 1.29 is 9.59 Å². The van der Waals surface area contributed by atoms with E-state index < -0.39 is 0 Å². The topological polar surface area (TPSA) is 78.1 Å². The predicted octanol–water partition coefficient (Wildman–Crippen LogP) is 3.06. The van der Waals surface area contributed by atoms with Gasteiger partial charge in [-0.25, -0.2) is 0 Å². The van der Waals surface area contributed by atoms with Gasteiger partial charge in [-0.05, 0) is 31.0 Å². The van der Waals surface area contributed by atoms with Gasteiger partial charge in [-0.3, -0.25) is 14.5 Å². The molecule has 7 heteroatoms. The molecule has 1 aromatic carbocycles. The number of nitrogens with zero attached hydrogens (tertiary/aromatic N) is 3. The maximum atomic E-state index is 12.8. The molecule has 136 valence electrons. The molecule has 0 spiro atoms. The molecule has 6 nitrogen and oxygen atoms in total. The van der Waals surface area contributed by atoms with E-state index in [0.29, 0.717) is 17.1 Å². The lowest BCUT2D eigenvalue weighted by Gasteiger charge is -2.32. The normalized spacial score (nSPS) is 19.8. The molecule has 1 N–H and O–H groups in total. The van der Waals surface area contributed by atoms with Crippen molar-refractivity contribution in [3.8, 4) is 6.19 Å². The molecule has 3 rings (SSSR count). The first-order chi connectivity index (χ1) is 12.4. The lowest BCUT2D eigenvalue weighted by atomic mass is 9.83. The van der Waals surface area contributed by atoms with Gasteiger partial charge in [0.15, 0.2) is 6.19 Å². The van der Waals surface area contributed by atoms with Gasteiger partial charge in [-0.15, -0.1) is 0 Å². The number of amides is 2. The van der Waals surface area contributed by atoms with Gasteiger partial charge < -0.3 is 9.88 Å². The van der Waals surface area contributed by atoms with Gasteiger partial charge in [0, 0.05) is 36.1 Å². The van der Waals surface area contributed by atoms with Crippen molar-refractivity contribution in [2.75, 3.05) is 7.05 Å². The minimum atomic E-state index is -0.360. The van der Waals surface area contributed by atoms with Crippen molar-refractivity contribution in [3.63, 3.8) is 0 Å². The molecule has 1 aliphatic carbocycles. The number of benzene rings is 1. The molecular formula is C19H21ClN4O2. The number of carbonyl (C=O) groups excluding carboxylic acids is 2. The van der Waals surface area contributed by atoms with Crippen LogP contribution in [0, 0.1) is 17.4 Å². The number of hydrogen-bond acceptors (Lipinski definition) is 3. The summed E-state index contributed by atoms with van der Waals surface area (Å²) < 4.78 is 1.80. The van der Waals surface area contributed by atoms with Crippen LogP contribution in [0.3, 0.4) is 0 Å². The molecule has 1 aromatic heterocycles. The van der Waals surface area contributed by atoms with Crippen LogP contribution in [0.5, 0.6) is 0 Å². The zero-order chi connectivity index (χ0) is 18.8. The number of hydrogen-bond donors (Lipinski definition) is 1. The highest BCUT2D eigenvalue weighted by atomic mass is 35.5. The molecule has 1 aliphatic rings. The fourth-order valence-electron chi connectivity index (χ4n) is 3.66. The van der Waals surface area contributed by atoms with Crippen molar-refractivity contribution in [3.05, 3.63) is 35.0 Å². The summed E-state index contributed by atoms with van der Waals surface area (Å²) in [6, 6.07) is 7.05. The standard InChI is InChI=1S/C19H21ClN4O2/c1-23(11-21)19(26)14-5-3-4-6-15(14)22-18(25)17-9-12-7-8-13(20)10-16(12)24(17)2/h7-10,14-15H,3-6H2,1-2H3,(H,22,25). The van der Waals surface area contributed by atoms with Gasteiger partial charge in [-0.1, -0.05) is 30.5 Å². The zero-order valence-electron chi connectivity index (χ0n) is 14.8. The van der Waals surface area contributed by atoms with Gasteiger partial charge in [-0.2, -0.15) is 5.26 Å². The first-order valence-corrected chi connectivity index (χ1v) is 9.03. The van der Waals surface area contributed by atoms with Gasteiger partial charge in [0.2, 0.25) is 5.91 Å². The molecule has 2 amide bonds. The maximum Gasteiger partial charge on any atom is 0.268 e. The number of carbonyl (C=O) groups is 2.